The Labute approximate surface area is 133 Å². The average Bonchev–Trinajstić information content (AvgIpc) is 2.53. The van der Waals surface area contributed by atoms with Gasteiger partial charge in [0, 0.05) is 0 Å². The van der Waals surface area contributed by atoms with Gasteiger partial charge in [0.15, 0.2) is 0 Å². The molecule has 0 amide bonds. The first-order chi connectivity index (χ1) is 11.0. The summed E-state index contributed by atoms with van der Waals surface area (Å²) < 4.78 is 33.3. The first kappa shape index (κ1) is 15.5. The van der Waals surface area contributed by atoms with E-state index in [1.165, 1.54) is 36.4 Å². The molecule has 0 aliphatic heterocycles. The van der Waals surface area contributed by atoms with Crippen molar-refractivity contribution >= 4 is 18.8 Å². The van der Waals surface area contributed by atoms with Crippen molar-refractivity contribution in [3.05, 3.63) is 70.1 Å². The normalized spacial score (nSPS) is 12.5. The number of hydrogen-bond donors (Lipinski definition) is 0. The highest BCUT2D eigenvalue weighted by molar-refractivity contribution is 6.12. The highest BCUT2D eigenvalue weighted by Gasteiger charge is 2.21. The maximum atomic E-state index is 14.1. The second-order valence-corrected chi connectivity index (χ2v) is 5.31. The lowest BCUT2D eigenvalue weighted by Gasteiger charge is -2.15. The molecule has 114 valence electrons. The molecule has 0 saturated heterocycles. The topological polar surface area (TPSA) is 30.2 Å². The molecule has 0 aliphatic carbocycles. The standard InChI is InChI=1S/C18H13BF2O2/c1-2-12(19)18-15(10-5-3-6-11(20)9-10)17(22)16-13(21)7-4-8-14(16)23-18/h3-9,12H,2H2,1H3. The maximum absolute atomic E-state index is 14.1. The fourth-order valence-electron chi connectivity index (χ4n) is 2.58. The lowest BCUT2D eigenvalue weighted by Crippen LogP contribution is -2.13. The molecule has 0 fully saturated rings. The molecule has 3 rings (SSSR count). The minimum absolute atomic E-state index is 0.108. The lowest BCUT2D eigenvalue weighted by molar-refractivity contribution is 0.523. The molecule has 2 aromatic carbocycles. The molecule has 23 heavy (non-hydrogen) atoms. The third-order valence-corrected chi connectivity index (χ3v) is 3.79. The Hall–Kier alpha value is -2.43. The van der Waals surface area contributed by atoms with Gasteiger partial charge in [0.25, 0.3) is 0 Å². The van der Waals surface area contributed by atoms with Gasteiger partial charge in [-0.15, -0.1) is 0 Å². The van der Waals surface area contributed by atoms with Crippen LogP contribution < -0.4 is 5.43 Å². The van der Waals surface area contributed by atoms with Crippen molar-refractivity contribution in [3.63, 3.8) is 0 Å². The fraction of sp³-hybridized carbons (Fsp3) is 0.167. The molecule has 0 bridgehead atoms. The molecule has 0 saturated carbocycles. The summed E-state index contributed by atoms with van der Waals surface area (Å²) in [5.41, 5.74) is 0.0159. The average molecular weight is 310 g/mol. The Morgan fingerprint density at radius 2 is 1.91 bits per heavy atom. The summed E-state index contributed by atoms with van der Waals surface area (Å²) >= 11 is 0. The second-order valence-electron chi connectivity index (χ2n) is 5.31. The zero-order valence-corrected chi connectivity index (χ0v) is 12.5. The van der Waals surface area contributed by atoms with Crippen molar-refractivity contribution in [1.29, 1.82) is 0 Å². The summed E-state index contributed by atoms with van der Waals surface area (Å²) in [5.74, 6) is -1.48. The molecule has 1 unspecified atom stereocenters. The Bertz CT molecular complexity index is 934. The van der Waals surface area contributed by atoms with Gasteiger partial charge in [-0.25, -0.2) is 8.78 Å². The Morgan fingerprint density at radius 1 is 1.17 bits per heavy atom. The van der Waals surface area contributed by atoms with E-state index in [1.807, 2.05) is 6.92 Å². The van der Waals surface area contributed by atoms with Gasteiger partial charge in [-0.2, -0.15) is 0 Å². The van der Waals surface area contributed by atoms with E-state index >= 15 is 0 Å². The Morgan fingerprint density at radius 3 is 2.61 bits per heavy atom. The van der Waals surface area contributed by atoms with E-state index in [4.69, 9.17) is 12.3 Å². The van der Waals surface area contributed by atoms with Crippen molar-refractivity contribution in [2.75, 3.05) is 0 Å². The minimum atomic E-state index is -0.675. The van der Waals surface area contributed by atoms with Crippen LogP contribution in [-0.2, 0) is 0 Å². The zero-order valence-electron chi connectivity index (χ0n) is 12.5. The van der Waals surface area contributed by atoms with E-state index in [-0.39, 0.29) is 22.3 Å². The van der Waals surface area contributed by atoms with Gasteiger partial charge in [-0.1, -0.05) is 31.5 Å². The second kappa shape index (κ2) is 5.99. The lowest BCUT2D eigenvalue weighted by atomic mass is 9.79. The number of fused-ring (bicyclic) bond motifs is 1. The molecule has 0 N–H and O–H groups in total. The first-order valence-electron chi connectivity index (χ1n) is 7.29. The number of rotatable bonds is 3. The van der Waals surface area contributed by atoms with E-state index in [9.17, 15) is 13.6 Å². The smallest absolute Gasteiger partial charge is 0.203 e. The number of hydrogen-bond acceptors (Lipinski definition) is 2. The van der Waals surface area contributed by atoms with E-state index in [1.54, 1.807) is 6.07 Å². The monoisotopic (exact) mass is 310 g/mol. The van der Waals surface area contributed by atoms with E-state index in [0.29, 0.717) is 12.0 Å². The third kappa shape index (κ3) is 2.67. The zero-order chi connectivity index (χ0) is 16.6. The van der Waals surface area contributed by atoms with Gasteiger partial charge in [-0.05, 0) is 35.6 Å². The van der Waals surface area contributed by atoms with Crippen molar-refractivity contribution in [1.82, 2.24) is 0 Å². The summed E-state index contributed by atoms with van der Waals surface area (Å²) in [6, 6.07) is 9.71. The van der Waals surface area contributed by atoms with Gasteiger partial charge < -0.3 is 4.42 Å². The fourth-order valence-corrected chi connectivity index (χ4v) is 2.58. The molecule has 1 atom stereocenters. The predicted octanol–water partition coefficient (Wildman–Crippen LogP) is 4.36. The molecular formula is C18H13BF2O2. The molecule has 1 heterocycles. The molecule has 2 nitrogen and oxygen atoms in total. The summed E-state index contributed by atoms with van der Waals surface area (Å²) in [6.45, 7) is 1.84. The van der Waals surface area contributed by atoms with Crippen molar-refractivity contribution in [3.8, 4) is 11.1 Å². The third-order valence-electron chi connectivity index (χ3n) is 3.79. The number of benzene rings is 2. The summed E-state index contributed by atoms with van der Waals surface area (Å²) in [5, 5.41) is -0.154. The van der Waals surface area contributed by atoms with Crippen LogP contribution in [0.1, 0.15) is 24.9 Å². The van der Waals surface area contributed by atoms with Crippen LogP contribution >= 0.6 is 0 Å². The summed E-state index contributed by atoms with van der Waals surface area (Å²) in [6.07, 6.45) is 0.520. The molecule has 0 spiro atoms. The highest BCUT2D eigenvalue weighted by atomic mass is 19.1. The van der Waals surface area contributed by atoms with Crippen LogP contribution in [0.2, 0.25) is 0 Å². The van der Waals surface area contributed by atoms with Gasteiger partial charge in [-0.3, -0.25) is 4.79 Å². The van der Waals surface area contributed by atoms with Gasteiger partial charge >= 0.3 is 0 Å². The molecule has 5 heteroatoms. The quantitative estimate of drug-likeness (QED) is 0.673. The minimum Gasteiger partial charge on any atom is -0.461 e. The van der Waals surface area contributed by atoms with Crippen molar-refractivity contribution in [2.45, 2.75) is 19.2 Å². The molecule has 0 aliphatic rings. The first-order valence-corrected chi connectivity index (χ1v) is 7.29. The number of halogens is 2. The van der Waals surface area contributed by atoms with Crippen LogP contribution in [-0.4, -0.2) is 7.85 Å². The summed E-state index contributed by atoms with van der Waals surface area (Å²) in [7, 11) is 6.05. The molecule has 3 aromatic rings. The van der Waals surface area contributed by atoms with Gasteiger partial charge in [0.2, 0.25) is 5.43 Å². The molecular weight excluding hydrogens is 297 g/mol. The van der Waals surface area contributed by atoms with Crippen molar-refractivity contribution in [2.24, 2.45) is 0 Å². The van der Waals surface area contributed by atoms with Crippen LogP contribution in [0.3, 0.4) is 0 Å². The Kier molecular flexibility index (Phi) is 4.03. The van der Waals surface area contributed by atoms with Crippen LogP contribution in [0, 0.1) is 11.6 Å². The SMILES string of the molecule is [B]C(CC)c1oc2cccc(F)c2c(=O)c1-c1cccc(F)c1. The van der Waals surface area contributed by atoms with Crippen LogP contribution in [0.15, 0.2) is 51.7 Å². The predicted molar refractivity (Wildman–Crippen MR) is 86.6 cm³/mol. The molecule has 1 aromatic heterocycles. The van der Waals surface area contributed by atoms with E-state index in [2.05, 4.69) is 0 Å². The Balaban J connectivity index is 2.44. The summed E-state index contributed by atoms with van der Waals surface area (Å²) in [4.78, 5) is 12.8. The van der Waals surface area contributed by atoms with Gasteiger partial charge in [0.05, 0.1) is 13.4 Å². The highest BCUT2D eigenvalue weighted by Crippen LogP contribution is 2.31. The largest absolute Gasteiger partial charge is 0.461 e. The van der Waals surface area contributed by atoms with Gasteiger partial charge in [0.1, 0.15) is 28.4 Å². The van der Waals surface area contributed by atoms with Crippen LogP contribution in [0.4, 0.5) is 8.78 Å². The van der Waals surface area contributed by atoms with Crippen LogP contribution in [0.5, 0.6) is 0 Å². The maximum Gasteiger partial charge on any atom is 0.203 e. The molecule has 2 radical (unpaired) electrons. The van der Waals surface area contributed by atoms with E-state index in [0.717, 1.165) is 0 Å². The van der Waals surface area contributed by atoms with Crippen LogP contribution in [0.25, 0.3) is 22.1 Å². The van der Waals surface area contributed by atoms with E-state index < -0.39 is 22.9 Å². The van der Waals surface area contributed by atoms with Crippen molar-refractivity contribution < 1.29 is 13.2 Å².